The number of benzene rings is 4. The molecule has 0 N–H and O–H groups in total. The first-order valence-corrected chi connectivity index (χ1v) is 11.7. The van der Waals surface area contributed by atoms with Gasteiger partial charge in [-0.15, -0.1) is 0 Å². The van der Waals surface area contributed by atoms with Gasteiger partial charge in [0, 0.05) is 0 Å². The molecule has 0 amide bonds. The molecular formula is C31H30O5. The summed E-state index contributed by atoms with van der Waals surface area (Å²) in [6.07, 6.45) is 3.99. The van der Waals surface area contributed by atoms with Crippen molar-refractivity contribution in [3.8, 4) is 28.7 Å². The number of rotatable bonds is 11. The zero-order valence-corrected chi connectivity index (χ0v) is 20.8. The summed E-state index contributed by atoms with van der Waals surface area (Å²) >= 11 is 0. The Hall–Kier alpha value is -4.38. The molecule has 5 nitrogen and oxygen atoms in total. The lowest BCUT2D eigenvalue weighted by Gasteiger charge is -2.15. The van der Waals surface area contributed by atoms with Gasteiger partial charge in [-0.25, -0.2) is 0 Å². The van der Waals surface area contributed by atoms with Crippen LogP contribution in [0.25, 0.3) is 12.2 Å². The first-order valence-electron chi connectivity index (χ1n) is 11.7. The first-order chi connectivity index (χ1) is 17.7. The van der Waals surface area contributed by atoms with Crippen LogP contribution in [0.5, 0.6) is 28.7 Å². The van der Waals surface area contributed by atoms with Gasteiger partial charge in [0.15, 0.2) is 23.0 Å². The minimum absolute atomic E-state index is 0.418. The highest BCUT2D eigenvalue weighted by Gasteiger charge is 2.14. The van der Waals surface area contributed by atoms with Gasteiger partial charge in [0.1, 0.15) is 13.2 Å². The fourth-order valence-electron chi connectivity index (χ4n) is 3.70. The second-order valence-corrected chi connectivity index (χ2v) is 8.05. The van der Waals surface area contributed by atoms with Crippen LogP contribution < -0.4 is 23.7 Å². The van der Waals surface area contributed by atoms with E-state index < -0.39 is 0 Å². The Morgan fingerprint density at radius 1 is 0.500 bits per heavy atom. The van der Waals surface area contributed by atoms with Crippen molar-refractivity contribution in [2.24, 2.45) is 0 Å². The van der Waals surface area contributed by atoms with Crippen molar-refractivity contribution < 1.29 is 23.7 Å². The summed E-state index contributed by atoms with van der Waals surface area (Å²) in [7, 11) is 4.88. The van der Waals surface area contributed by atoms with Crippen molar-refractivity contribution >= 4 is 12.2 Å². The molecule has 4 rings (SSSR count). The van der Waals surface area contributed by atoms with Gasteiger partial charge >= 0.3 is 0 Å². The maximum atomic E-state index is 6.05. The second-order valence-electron chi connectivity index (χ2n) is 8.05. The van der Waals surface area contributed by atoms with Crippen LogP contribution in [0.2, 0.25) is 0 Å². The van der Waals surface area contributed by atoms with E-state index in [4.69, 9.17) is 23.7 Å². The average molecular weight is 483 g/mol. The van der Waals surface area contributed by atoms with Crippen molar-refractivity contribution in [2.75, 3.05) is 21.3 Å². The van der Waals surface area contributed by atoms with Gasteiger partial charge in [-0.2, -0.15) is 0 Å². The van der Waals surface area contributed by atoms with Gasteiger partial charge in [-0.1, -0.05) is 78.9 Å². The van der Waals surface area contributed by atoms with Gasteiger partial charge in [0.2, 0.25) is 5.75 Å². The SMILES string of the molecule is COc1cc(/C=C/c2cc(OC)c(OCc3ccccc3)c(OC)c2)ccc1OCc1ccccc1. The normalized spacial score (nSPS) is 10.8. The van der Waals surface area contributed by atoms with Crippen LogP contribution in [0.15, 0.2) is 91.0 Å². The molecule has 0 heterocycles. The largest absolute Gasteiger partial charge is 0.493 e. The molecule has 5 heteroatoms. The number of hydrogen-bond acceptors (Lipinski definition) is 5. The van der Waals surface area contributed by atoms with Crippen LogP contribution in [-0.4, -0.2) is 21.3 Å². The Bertz CT molecular complexity index is 1260. The average Bonchev–Trinajstić information content (AvgIpc) is 2.94. The van der Waals surface area contributed by atoms with E-state index in [9.17, 15) is 0 Å². The number of hydrogen-bond donors (Lipinski definition) is 0. The zero-order valence-electron chi connectivity index (χ0n) is 20.8. The third kappa shape index (κ3) is 6.39. The molecule has 184 valence electrons. The Morgan fingerprint density at radius 2 is 1.00 bits per heavy atom. The fourth-order valence-corrected chi connectivity index (χ4v) is 3.70. The Balaban J connectivity index is 1.50. The molecule has 4 aromatic carbocycles. The van der Waals surface area contributed by atoms with Crippen molar-refractivity contribution in [2.45, 2.75) is 13.2 Å². The Labute approximate surface area is 212 Å². The third-order valence-corrected chi connectivity index (χ3v) is 5.60. The molecule has 0 aromatic heterocycles. The van der Waals surface area contributed by atoms with Crippen LogP contribution in [0.1, 0.15) is 22.3 Å². The molecule has 0 bridgehead atoms. The van der Waals surface area contributed by atoms with Gasteiger partial charge < -0.3 is 23.7 Å². The van der Waals surface area contributed by atoms with E-state index in [1.807, 2.05) is 103 Å². The van der Waals surface area contributed by atoms with E-state index >= 15 is 0 Å². The summed E-state index contributed by atoms with van der Waals surface area (Å²) in [4.78, 5) is 0. The second kappa shape index (κ2) is 12.4. The van der Waals surface area contributed by atoms with E-state index in [1.54, 1.807) is 21.3 Å². The van der Waals surface area contributed by atoms with Crippen molar-refractivity contribution in [3.63, 3.8) is 0 Å². The highest BCUT2D eigenvalue weighted by Crippen LogP contribution is 2.39. The molecule has 0 atom stereocenters. The van der Waals surface area contributed by atoms with Crippen LogP contribution >= 0.6 is 0 Å². The van der Waals surface area contributed by atoms with E-state index in [-0.39, 0.29) is 0 Å². The summed E-state index contributed by atoms with van der Waals surface area (Å²) in [5.41, 5.74) is 4.05. The van der Waals surface area contributed by atoms with Crippen molar-refractivity contribution in [1.82, 2.24) is 0 Å². The first kappa shape index (κ1) is 24.7. The molecule has 0 fully saturated rings. The minimum Gasteiger partial charge on any atom is -0.493 e. The molecular weight excluding hydrogens is 452 g/mol. The topological polar surface area (TPSA) is 46.2 Å². The van der Waals surface area contributed by atoms with Gasteiger partial charge in [0.25, 0.3) is 0 Å². The van der Waals surface area contributed by atoms with E-state index in [1.165, 1.54) is 0 Å². The predicted molar refractivity (Wildman–Crippen MR) is 143 cm³/mol. The van der Waals surface area contributed by atoms with Gasteiger partial charge in [0.05, 0.1) is 21.3 Å². The van der Waals surface area contributed by atoms with Crippen molar-refractivity contribution in [3.05, 3.63) is 113 Å². The Morgan fingerprint density at radius 3 is 1.56 bits per heavy atom. The summed E-state index contributed by atoms with van der Waals surface area (Å²) in [5.74, 6) is 3.15. The molecule has 4 aromatic rings. The lowest BCUT2D eigenvalue weighted by atomic mass is 10.1. The summed E-state index contributed by atoms with van der Waals surface area (Å²) in [6, 6.07) is 29.7. The third-order valence-electron chi connectivity index (χ3n) is 5.60. The van der Waals surface area contributed by atoms with Crippen molar-refractivity contribution in [1.29, 1.82) is 0 Å². The number of methoxy groups -OCH3 is 3. The fraction of sp³-hybridized carbons (Fsp3) is 0.161. The molecule has 0 saturated carbocycles. The number of ether oxygens (including phenoxy) is 5. The maximum absolute atomic E-state index is 6.05. The molecule has 0 aliphatic heterocycles. The summed E-state index contributed by atoms with van der Waals surface area (Å²) in [5, 5.41) is 0. The quantitative estimate of drug-likeness (QED) is 0.215. The lowest BCUT2D eigenvalue weighted by molar-refractivity contribution is 0.266. The van der Waals surface area contributed by atoms with Crippen LogP contribution in [0.4, 0.5) is 0 Å². The maximum Gasteiger partial charge on any atom is 0.203 e. The molecule has 0 saturated heterocycles. The predicted octanol–water partition coefficient (Wildman–Crippen LogP) is 7.04. The zero-order chi connectivity index (χ0) is 25.2. The lowest BCUT2D eigenvalue weighted by Crippen LogP contribution is -2.00. The molecule has 0 spiro atoms. The van der Waals surface area contributed by atoms with E-state index in [2.05, 4.69) is 0 Å². The molecule has 0 aliphatic rings. The smallest absolute Gasteiger partial charge is 0.203 e. The highest BCUT2D eigenvalue weighted by molar-refractivity contribution is 5.73. The molecule has 0 aliphatic carbocycles. The Kier molecular flexibility index (Phi) is 8.49. The monoisotopic (exact) mass is 482 g/mol. The van der Waals surface area contributed by atoms with Crippen LogP contribution in [-0.2, 0) is 13.2 Å². The van der Waals surface area contributed by atoms with Crippen LogP contribution in [0.3, 0.4) is 0 Å². The minimum atomic E-state index is 0.418. The van der Waals surface area contributed by atoms with E-state index in [0.717, 1.165) is 22.3 Å². The molecule has 0 unspecified atom stereocenters. The van der Waals surface area contributed by atoms with Crippen LogP contribution in [0, 0.1) is 0 Å². The van der Waals surface area contributed by atoms with E-state index in [0.29, 0.717) is 42.0 Å². The summed E-state index contributed by atoms with van der Waals surface area (Å²) in [6.45, 7) is 0.895. The van der Waals surface area contributed by atoms with Gasteiger partial charge in [-0.3, -0.25) is 0 Å². The molecule has 36 heavy (non-hydrogen) atoms. The standard InChI is InChI=1S/C31H30O5/c1-32-28-18-23(16-17-27(28)35-21-24-10-6-4-7-11-24)14-15-26-19-29(33-2)31(30(20-26)34-3)36-22-25-12-8-5-9-13-25/h4-20H,21-22H2,1-3H3/b15-14+. The highest BCUT2D eigenvalue weighted by atomic mass is 16.5. The molecule has 0 radical (unpaired) electrons. The van der Waals surface area contributed by atoms with Gasteiger partial charge in [-0.05, 0) is 46.5 Å². The summed E-state index contributed by atoms with van der Waals surface area (Å²) < 4.78 is 28.8.